The molecule has 0 radical (unpaired) electrons. The third-order valence-electron chi connectivity index (χ3n) is 6.27. The lowest BCUT2D eigenvalue weighted by Crippen LogP contribution is -2.56. The van der Waals surface area contributed by atoms with E-state index in [4.69, 9.17) is 33.2 Å². The maximum Gasteiger partial charge on any atom is 0.186 e. The number of hydrogen-bond donors (Lipinski definition) is 0. The predicted octanol–water partition coefficient (Wildman–Crippen LogP) is 5.32. The smallest absolute Gasteiger partial charge is 0.186 e. The molecule has 4 rings (SSSR count). The minimum atomic E-state index is -0.626. The Labute approximate surface area is 224 Å². The summed E-state index contributed by atoms with van der Waals surface area (Å²) in [6, 6.07) is 25.6. The zero-order valence-electron chi connectivity index (χ0n) is 22.0. The van der Waals surface area contributed by atoms with Gasteiger partial charge in [-0.25, -0.2) is 0 Å². The van der Waals surface area contributed by atoms with Crippen molar-refractivity contribution in [1.29, 1.82) is 0 Å². The molecule has 3 aromatic carbocycles. The Kier molecular flexibility index (Phi) is 10.7. The van der Waals surface area contributed by atoms with E-state index in [-0.39, 0.29) is 6.10 Å². The molecule has 0 aromatic heterocycles. The van der Waals surface area contributed by atoms with Crippen LogP contribution in [0.4, 0.5) is 0 Å². The van der Waals surface area contributed by atoms with Gasteiger partial charge in [-0.15, -0.1) is 6.58 Å². The largest absolute Gasteiger partial charge is 0.497 e. The Morgan fingerprint density at radius 1 is 0.684 bits per heavy atom. The van der Waals surface area contributed by atoms with Gasteiger partial charge >= 0.3 is 0 Å². The molecule has 0 bridgehead atoms. The van der Waals surface area contributed by atoms with E-state index < -0.39 is 18.5 Å². The predicted molar refractivity (Wildman–Crippen MR) is 144 cm³/mol. The highest BCUT2D eigenvalue weighted by Gasteiger charge is 2.43. The summed E-state index contributed by atoms with van der Waals surface area (Å²) in [5.74, 6) is 1.59. The quantitative estimate of drug-likeness (QED) is 0.267. The van der Waals surface area contributed by atoms with Gasteiger partial charge in [0.05, 0.1) is 47.3 Å². The minimum Gasteiger partial charge on any atom is -0.497 e. The Bertz CT molecular complexity index is 1090. The van der Waals surface area contributed by atoms with Crippen molar-refractivity contribution in [2.24, 2.45) is 0 Å². The molecule has 0 N–H and O–H groups in total. The molecule has 1 aliphatic heterocycles. The standard InChI is InChI=1S/C31H36O7/c1-4-18-34-31-30(37-20-23-8-6-5-7-9-23)29(36-21-25-12-16-27(33-3)17-13-25)28(22-38-31)35-19-24-10-14-26(32-2)15-11-24/h4-17,28-31H,1,18-22H2,2-3H3/t28-,29+,30-,31+/m1/s1. The first-order valence-electron chi connectivity index (χ1n) is 12.7. The monoisotopic (exact) mass is 520 g/mol. The molecule has 0 amide bonds. The van der Waals surface area contributed by atoms with Gasteiger partial charge in [0.15, 0.2) is 6.29 Å². The van der Waals surface area contributed by atoms with Crippen LogP contribution in [0.1, 0.15) is 16.7 Å². The summed E-state index contributed by atoms with van der Waals surface area (Å²) in [6.45, 7) is 5.55. The lowest BCUT2D eigenvalue weighted by molar-refractivity contribution is -0.297. The molecule has 0 aliphatic carbocycles. The van der Waals surface area contributed by atoms with Crippen LogP contribution in [0.25, 0.3) is 0 Å². The van der Waals surface area contributed by atoms with Gasteiger partial charge in [0, 0.05) is 0 Å². The van der Waals surface area contributed by atoms with Crippen LogP contribution in [0.15, 0.2) is 91.5 Å². The van der Waals surface area contributed by atoms with E-state index in [2.05, 4.69) is 6.58 Å². The van der Waals surface area contributed by atoms with E-state index in [0.717, 1.165) is 28.2 Å². The molecular weight excluding hydrogens is 484 g/mol. The second kappa shape index (κ2) is 14.7. The third kappa shape index (κ3) is 7.90. The van der Waals surface area contributed by atoms with Crippen molar-refractivity contribution in [2.75, 3.05) is 27.4 Å². The fourth-order valence-electron chi connectivity index (χ4n) is 4.18. The number of rotatable bonds is 14. The summed E-state index contributed by atoms with van der Waals surface area (Å²) in [7, 11) is 3.30. The van der Waals surface area contributed by atoms with Crippen LogP contribution in [0.2, 0.25) is 0 Å². The van der Waals surface area contributed by atoms with E-state index >= 15 is 0 Å². The van der Waals surface area contributed by atoms with Crippen molar-refractivity contribution in [3.05, 3.63) is 108 Å². The van der Waals surface area contributed by atoms with Crippen LogP contribution in [-0.2, 0) is 43.5 Å². The van der Waals surface area contributed by atoms with Crippen LogP contribution in [0.3, 0.4) is 0 Å². The Morgan fingerprint density at radius 2 is 1.21 bits per heavy atom. The number of methoxy groups -OCH3 is 2. The molecule has 1 aliphatic rings. The lowest BCUT2D eigenvalue weighted by Gasteiger charge is -2.41. The fraction of sp³-hybridized carbons (Fsp3) is 0.355. The normalized spacial score (nSPS) is 21.1. The minimum absolute atomic E-state index is 0.302. The molecule has 0 saturated carbocycles. The Hall–Kier alpha value is -3.20. The van der Waals surface area contributed by atoms with Crippen molar-refractivity contribution in [1.82, 2.24) is 0 Å². The van der Waals surface area contributed by atoms with Crippen LogP contribution in [0, 0.1) is 0 Å². The molecule has 1 heterocycles. The first-order valence-corrected chi connectivity index (χ1v) is 12.7. The van der Waals surface area contributed by atoms with E-state index in [1.54, 1.807) is 20.3 Å². The maximum absolute atomic E-state index is 6.49. The van der Waals surface area contributed by atoms with Crippen molar-refractivity contribution in [2.45, 2.75) is 44.4 Å². The van der Waals surface area contributed by atoms with E-state index in [0.29, 0.717) is 33.0 Å². The van der Waals surface area contributed by atoms with Gasteiger partial charge in [-0.05, 0) is 41.0 Å². The summed E-state index contributed by atoms with van der Waals surface area (Å²) in [5, 5.41) is 0. The molecule has 1 fully saturated rings. The van der Waals surface area contributed by atoms with Crippen molar-refractivity contribution in [3.63, 3.8) is 0 Å². The number of ether oxygens (including phenoxy) is 7. The Balaban J connectivity index is 1.52. The lowest BCUT2D eigenvalue weighted by atomic mass is 10.0. The van der Waals surface area contributed by atoms with E-state index in [9.17, 15) is 0 Å². The highest BCUT2D eigenvalue weighted by Crippen LogP contribution is 2.28. The molecule has 3 aromatic rings. The molecule has 0 spiro atoms. The highest BCUT2D eigenvalue weighted by molar-refractivity contribution is 5.27. The van der Waals surface area contributed by atoms with Gasteiger partial charge in [-0.2, -0.15) is 0 Å². The number of benzene rings is 3. The van der Waals surface area contributed by atoms with Gasteiger partial charge < -0.3 is 33.2 Å². The van der Waals surface area contributed by atoms with Crippen LogP contribution < -0.4 is 9.47 Å². The van der Waals surface area contributed by atoms with Crippen molar-refractivity contribution < 1.29 is 33.2 Å². The molecule has 7 nitrogen and oxygen atoms in total. The summed E-state index contributed by atoms with van der Waals surface area (Å²) in [4.78, 5) is 0. The van der Waals surface area contributed by atoms with Crippen molar-refractivity contribution >= 4 is 0 Å². The summed E-state index contributed by atoms with van der Waals surface area (Å²) in [6.07, 6.45) is -0.277. The third-order valence-corrected chi connectivity index (χ3v) is 6.27. The SMILES string of the molecule is C=CCO[C@H]1OC[C@@H](OCc2ccc(OC)cc2)[C@H](OCc2ccc(OC)cc2)[C@H]1OCc1ccccc1. The second-order valence-corrected chi connectivity index (χ2v) is 8.91. The first-order chi connectivity index (χ1) is 18.7. The zero-order valence-corrected chi connectivity index (χ0v) is 22.0. The average Bonchev–Trinajstić information content (AvgIpc) is 2.98. The average molecular weight is 521 g/mol. The van der Waals surface area contributed by atoms with E-state index in [1.807, 2.05) is 78.9 Å². The van der Waals surface area contributed by atoms with Crippen molar-refractivity contribution in [3.8, 4) is 11.5 Å². The Morgan fingerprint density at radius 3 is 1.76 bits per heavy atom. The molecule has 202 valence electrons. The molecule has 4 atom stereocenters. The second-order valence-electron chi connectivity index (χ2n) is 8.91. The summed E-state index contributed by atoms with van der Waals surface area (Å²) >= 11 is 0. The maximum atomic E-state index is 6.49. The molecular formula is C31H36O7. The van der Waals surface area contributed by atoms with Gasteiger partial charge in [0.1, 0.15) is 29.8 Å². The molecule has 0 unspecified atom stereocenters. The van der Waals surface area contributed by atoms with Gasteiger partial charge in [0.25, 0.3) is 0 Å². The van der Waals surface area contributed by atoms with Crippen LogP contribution in [0.5, 0.6) is 11.5 Å². The molecule has 38 heavy (non-hydrogen) atoms. The summed E-state index contributed by atoms with van der Waals surface area (Å²) < 4.78 is 41.8. The molecule has 7 heteroatoms. The van der Waals surface area contributed by atoms with Gasteiger partial charge in [0.2, 0.25) is 0 Å². The van der Waals surface area contributed by atoms with Crippen LogP contribution in [-0.4, -0.2) is 52.0 Å². The van der Waals surface area contributed by atoms with Gasteiger partial charge in [-0.1, -0.05) is 60.7 Å². The van der Waals surface area contributed by atoms with Crippen LogP contribution >= 0.6 is 0 Å². The topological polar surface area (TPSA) is 64.6 Å². The van der Waals surface area contributed by atoms with E-state index in [1.165, 1.54) is 0 Å². The van der Waals surface area contributed by atoms with Gasteiger partial charge in [-0.3, -0.25) is 0 Å². The number of hydrogen-bond acceptors (Lipinski definition) is 7. The summed E-state index contributed by atoms with van der Waals surface area (Å²) in [5.41, 5.74) is 3.08. The zero-order chi connectivity index (χ0) is 26.6. The molecule has 1 saturated heterocycles. The first kappa shape index (κ1) is 27.8. The fourth-order valence-corrected chi connectivity index (χ4v) is 4.18. The highest BCUT2D eigenvalue weighted by atomic mass is 16.7.